The molecule has 1 aromatic carbocycles. The summed E-state index contributed by atoms with van der Waals surface area (Å²) in [6, 6.07) is 8.32. The van der Waals surface area contributed by atoms with Crippen molar-refractivity contribution in [3.8, 4) is 0 Å². The van der Waals surface area contributed by atoms with Crippen LogP contribution in [0.1, 0.15) is 36.8 Å². The minimum atomic E-state index is -1.29. The third-order valence-corrected chi connectivity index (χ3v) is 5.75. The highest BCUT2D eigenvalue weighted by molar-refractivity contribution is 6.08. The van der Waals surface area contributed by atoms with Gasteiger partial charge in [0.15, 0.2) is 0 Å². The second-order valence-electron chi connectivity index (χ2n) is 7.92. The number of aryl methyl sites for hydroxylation is 1. The van der Waals surface area contributed by atoms with E-state index < -0.39 is 35.5 Å². The Balaban J connectivity index is 1.73. The van der Waals surface area contributed by atoms with Crippen molar-refractivity contribution in [1.82, 2.24) is 20.9 Å². The van der Waals surface area contributed by atoms with E-state index in [1.54, 1.807) is 38.1 Å². The number of hydrogen-bond acceptors (Lipinski definition) is 6. The summed E-state index contributed by atoms with van der Waals surface area (Å²) in [6.07, 6.45) is 1.41. The second-order valence-corrected chi connectivity index (χ2v) is 7.92. The van der Waals surface area contributed by atoms with Crippen molar-refractivity contribution in [2.24, 2.45) is 0 Å². The first-order valence-electron chi connectivity index (χ1n) is 10.5. The average molecular weight is 452 g/mol. The number of amides is 5. The Morgan fingerprint density at radius 2 is 1.94 bits per heavy atom. The molecule has 5 amide bonds. The maximum absolute atomic E-state index is 13.4. The first kappa shape index (κ1) is 22.1. The van der Waals surface area contributed by atoms with Gasteiger partial charge in [0.1, 0.15) is 17.3 Å². The normalized spacial score (nSPS) is 22.7. The molecule has 0 bridgehead atoms. The number of hydrogen-bond donors (Lipinski definition) is 3. The van der Waals surface area contributed by atoms with Crippen molar-refractivity contribution >= 4 is 23.9 Å². The molecule has 1 saturated heterocycles. The number of nitrogens with one attached hydrogen (secondary N) is 3. The first-order chi connectivity index (χ1) is 15.8. The number of ether oxygens (including phenoxy) is 1. The minimum absolute atomic E-state index is 0.0523. The van der Waals surface area contributed by atoms with Crippen LogP contribution in [0.2, 0.25) is 0 Å². The fraction of sp³-hybridized carbons (Fsp3) is 0.304. The third kappa shape index (κ3) is 3.84. The smallest absolute Gasteiger partial charge is 0.338 e. The van der Waals surface area contributed by atoms with Gasteiger partial charge in [-0.3, -0.25) is 9.69 Å². The summed E-state index contributed by atoms with van der Waals surface area (Å²) in [5.74, 6) is -0.887. The van der Waals surface area contributed by atoms with Crippen LogP contribution in [0.3, 0.4) is 0 Å². The van der Waals surface area contributed by atoms with Crippen molar-refractivity contribution in [3.05, 3.63) is 70.8 Å². The summed E-state index contributed by atoms with van der Waals surface area (Å²) >= 11 is 0. The van der Waals surface area contributed by atoms with Crippen LogP contribution in [0.5, 0.6) is 0 Å². The summed E-state index contributed by atoms with van der Waals surface area (Å²) in [5.41, 5.74) is 0.348. The molecule has 3 heterocycles. The van der Waals surface area contributed by atoms with Gasteiger partial charge in [-0.25, -0.2) is 14.4 Å². The van der Waals surface area contributed by atoms with E-state index in [0.717, 1.165) is 10.5 Å². The third-order valence-electron chi connectivity index (χ3n) is 5.75. The zero-order valence-electron chi connectivity index (χ0n) is 18.4. The Morgan fingerprint density at radius 1 is 1.18 bits per heavy atom. The molecule has 10 nitrogen and oxygen atoms in total. The number of furan rings is 1. The maximum atomic E-state index is 13.4. The van der Waals surface area contributed by atoms with E-state index in [-0.39, 0.29) is 24.4 Å². The summed E-state index contributed by atoms with van der Waals surface area (Å²) < 4.78 is 10.6. The lowest BCUT2D eigenvalue weighted by Gasteiger charge is -2.29. The molecule has 4 rings (SSSR count). The van der Waals surface area contributed by atoms with Gasteiger partial charge in [-0.15, -0.1) is 0 Å². The van der Waals surface area contributed by atoms with Crippen LogP contribution in [-0.2, 0) is 19.9 Å². The molecule has 33 heavy (non-hydrogen) atoms. The molecule has 1 aromatic heterocycles. The van der Waals surface area contributed by atoms with Crippen LogP contribution < -0.4 is 16.0 Å². The average Bonchev–Trinajstić information content (AvgIpc) is 3.38. The Hall–Kier alpha value is -4.08. The Bertz CT molecular complexity index is 1160. The molecule has 2 aliphatic heterocycles. The van der Waals surface area contributed by atoms with Crippen LogP contribution >= 0.6 is 0 Å². The number of carbonyl (C=O) groups excluding carboxylic acids is 4. The lowest BCUT2D eigenvalue weighted by atomic mass is 9.88. The number of rotatable bonds is 6. The molecule has 2 unspecified atom stereocenters. The van der Waals surface area contributed by atoms with Gasteiger partial charge in [0.05, 0.1) is 30.7 Å². The molecule has 172 valence electrons. The molecule has 3 N–H and O–H groups in total. The van der Waals surface area contributed by atoms with E-state index in [0.29, 0.717) is 11.3 Å². The molecule has 0 radical (unpaired) electrons. The fourth-order valence-corrected chi connectivity index (χ4v) is 4.18. The van der Waals surface area contributed by atoms with Crippen LogP contribution in [-0.4, -0.2) is 42.0 Å². The summed E-state index contributed by atoms with van der Waals surface area (Å²) in [4.78, 5) is 52.5. The highest BCUT2D eigenvalue weighted by Gasteiger charge is 2.50. The second kappa shape index (κ2) is 8.45. The number of benzene rings is 1. The van der Waals surface area contributed by atoms with Crippen LogP contribution in [0.15, 0.2) is 58.3 Å². The highest BCUT2D eigenvalue weighted by Crippen LogP contribution is 2.33. The number of nitrogens with zero attached hydrogens (tertiary/aromatic N) is 1. The van der Waals surface area contributed by atoms with E-state index >= 15 is 0 Å². The van der Waals surface area contributed by atoms with Crippen LogP contribution in [0.25, 0.3) is 0 Å². The van der Waals surface area contributed by atoms with E-state index in [4.69, 9.17) is 9.15 Å². The van der Waals surface area contributed by atoms with Gasteiger partial charge in [-0.05, 0) is 44.0 Å². The molecule has 0 spiro atoms. The van der Waals surface area contributed by atoms with Gasteiger partial charge < -0.3 is 25.1 Å². The topological polar surface area (TPSA) is 130 Å². The van der Waals surface area contributed by atoms with Gasteiger partial charge in [0.2, 0.25) is 0 Å². The van der Waals surface area contributed by atoms with Crippen molar-refractivity contribution in [1.29, 1.82) is 0 Å². The predicted molar refractivity (Wildman–Crippen MR) is 116 cm³/mol. The van der Waals surface area contributed by atoms with Gasteiger partial charge in [0, 0.05) is 0 Å². The summed E-state index contributed by atoms with van der Waals surface area (Å²) in [5, 5.41) is 7.93. The molecular formula is C23H24N4O6. The largest absolute Gasteiger partial charge is 0.467 e. The molecule has 0 saturated carbocycles. The van der Waals surface area contributed by atoms with E-state index in [9.17, 15) is 19.2 Å². The van der Waals surface area contributed by atoms with E-state index in [2.05, 4.69) is 16.0 Å². The molecule has 2 aliphatic rings. The van der Waals surface area contributed by atoms with E-state index in [1.165, 1.54) is 6.26 Å². The highest BCUT2D eigenvalue weighted by atomic mass is 16.5. The Kier molecular flexibility index (Phi) is 5.67. The van der Waals surface area contributed by atoms with Crippen LogP contribution in [0.4, 0.5) is 9.59 Å². The van der Waals surface area contributed by atoms with Gasteiger partial charge >= 0.3 is 18.0 Å². The van der Waals surface area contributed by atoms with Crippen molar-refractivity contribution in [2.45, 2.75) is 32.4 Å². The molecular weight excluding hydrogens is 428 g/mol. The maximum Gasteiger partial charge on any atom is 0.338 e. The summed E-state index contributed by atoms with van der Waals surface area (Å²) in [6.45, 7) is 4.90. The van der Waals surface area contributed by atoms with E-state index in [1.807, 2.05) is 19.1 Å². The van der Waals surface area contributed by atoms with Gasteiger partial charge in [0.25, 0.3) is 5.91 Å². The van der Waals surface area contributed by atoms with Crippen LogP contribution in [0, 0.1) is 6.92 Å². The molecule has 1 fully saturated rings. The molecule has 2 atom stereocenters. The van der Waals surface area contributed by atoms with Crippen molar-refractivity contribution < 1.29 is 28.3 Å². The monoisotopic (exact) mass is 452 g/mol. The zero-order valence-corrected chi connectivity index (χ0v) is 18.4. The number of urea groups is 2. The minimum Gasteiger partial charge on any atom is -0.467 e. The number of carbonyl (C=O) groups is 4. The standard InChI is InChI=1S/C23H24N4O6/c1-4-32-19(28)17-15(24-21(30)25-18(17)16-10-7-11-33-16)12-27-20(29)23(3,26-22(27)31)14-9-6-5-8-13(14)2/h5-11,18H,4,12H2,1-3H3,(H,26,31)(H2,24,25,30). The number of imide groups is 1. The fourth-order valence-electron chi connectivity index (χ4n) is 4.18. The Labute approximate surface area is 189 Å². The zero-order chi connectivity index (χ0) is 23.8. The summed E-state index contributed by atoms with van der Waals surface area (Å²) in [7, 11) is 0. The SMILES string of the molecule is CCOC(=O)C1=C(CN2C(=O)NC(C)(c3ccccc3C)C2=O)NC(=O)NC1c1ccco1. The van der Waals surface area contributed by atoms with Gasteiger partial charge in [-0.1, -0.05) is 24.3 Å². The Morgan fingerprint density at radius 3 is 2.61 bits per heavy atom. The molecule has 10 heteroatoms. The van der Waals surface area contributed by atoms with Crippen molar-refractivity contribution in [2.75, 3.05) is 13.2 Å². The first-order valence-corrected chi connectivity index (χ1v) is 10.5. The van der Waals surface area contributed by atoms with Crippen molar-refractivity contribution in [3.63, 3.8) is 0 Å². The predicted octanol–water partition coefficient (Wildman–Crippen LogP) is 2.23. The van der Waals surface area contributed by atoms with Gasteiger partial charge in [-0.2, -0.15) is 0 Å². The lowest BCUT2D eigenvalue weighted by molar-refractivity contribution is -0.139. The molecule has 0 aliphatic carbocycles. The quantitative estimate of drug-likeness (QED) is 0.455. The lowest BCUT2D eigenvalue weighted by Crippen LogP contribution is -2.49. The molecule has 2 aromatic rings. The number of esters is 1.